The normalized spacial score (nSPS) is 12.8. The first kappa shape index (κ1) is 28.0. The van der Waals surface area contributed by atoms with Crippen LogP contribution in [0.2, 0.25) is 5.02 Å². The van der Waals surface area contributed by atoms with Crippen molar-refractivity contribution < 1.29 is 22.7 Å². The molecule has 11 heteroatoms. The Labute approximate surface area is 220 Å². The van der Waals surface area contributed by atoms with Gasteiger partial charge in [0.2, 0.25) is 10.0 Å². The largest absolute Gasteiger partial charge is 0.468 e. The van der Waals surface area contributed by atoms with Gasteiger partial charge in [0.1, 0.15) is 6.54 Å². The monoisotopic (exact) mass is 551 g/mol. The molecule has 0 spiro atoms. The van der Waals surface area contributed by atoms with Crippen LogP contribution in [-0.2, 0) is 26.1 Å². The number of methoxy groups -OCH3 is 1. The summed E-state index contributed by atoms with van der Waals surface area (Å²) >= 11 is 7.57. The summed E-state index contributed by atoms with van der Waals surface area (Å²) in [6, 6.07) is 11.0. The Hall–Kier alpha value is -2.53. The Morgan fingerprint density at radius 3 is 2.22 bits per heavy atom. The molecule has 0 bridgehead atoms. The van der Waals surface area contributed by atoms with E-state index < -0.39 is 21.9 Å². The lowest BCUT2D eigenvalue weighted by Crippen LogP contribution is -2.37. The number of fused-ring (bicyclic) bond motifs is 1. The van der Waals surface area contributed by atoms with E-state index in [1.807, 2.05) is 33.8 Å². The van der Waals surface area contributed by atoms with Crippen molar-refractivity contribution in [3.05, 3.63) is 57.9 Å². The summed E-state index contributed by atoms with van der Waals surface area (Å²) < 4.78 is 35.1. The topological polar surface area (TPSA) is 98.0 Å². The highest BCUT2D eigenvalue weighted by Gasteiger charge is 2.26. The van der Waals surface area contributed by atoms with Crippen molar-refractivity contribution >= 4 is 55.1 Å². The average molecular weight is 552 g/mol. The van der Waals surface area contributed by atoms with E-state index in [1.54, 1.807) is 16.7 Å². The lowest BCUT2D eigenvalue weighted by atomic mass is 10.2. The zero-order valence-corrected chi connectivity index (χ0v) is 23.3. The molecule has 8 nitrogen and oxygen atoms in total. The molecule has 0 saturated heterocycles. The zero-order chi connectivity index (χ0) is 26.6. The lowest BCUT2D eigenvalue weighted by Gasteiger charge is -2.25. The van der Waals surface area contributed by atoms with Gasteiger partial charge in [0, 0.05) is 18.7 Å². The number of benzene rings is 2. The van der Waals surface area contributed by atoms with E-state index >= 15 is 0 Å². The third-order valence-electron chi connectivity index (χ3n) is 5.24. The number of halogens is 1. The van der Waals surface area contributed by atoms with Crippen LogP contribution in [0.1, 0.15) is 38.1 Å². The molecule has 0 unspecified atom stereocenters. The van der Waals surface area contributed by atoms with Gasteiger partial charge in [-0.15, -0.1) is 0 Å². The molecule has 2 aromatic carbocycles. The maximum atomic E-state index is 13.2. The van der Waals surface area contributed by atoms with Crippen molar-refractivity contribution in [1.82, 2.24) is 8.87 Å². The molecular formula is C25H30ClN3O5S2. The van der Waals surface area contributed by atoms with E-state index in [1.165, 1.54) is 47.0 Å². The summed E-state index contributed by atoms with van der Waals surface area (Å²) in [5.41, 5.74) is 0.805. The summed E-state index contributed by atoms with van der Waals surface area (Å²) in [5, 5.41) is 0.420. The number of sulfonamides is 1. The third kappa shape index (κ3) is 6.42. The van der Waals surface area contributed by atoms with Gasteiger partial charge in [0.05, 0.1) is 27.2 Å². The van der Waals surface area contributed by atoms with Crippen LogP contribution in [0.4, 0.5) is 0 Å². The fraction of sp³-hybridized carbons (Fsp3) is 0.400. The summed E-state index contributed by atoms with van der Waals surface area (Å²) in [6.07, 6.45) is 0. The van der Waals surface area contributed by atoms with Crippen LogP contribution in [0.25, 0.3) is 10.2 Å². The first-order valence-electron chi connectivity index (χ1n) is 11.5. The number of hydrogen-bond donors (Lipinski definition) is 0. The number of nitrogens with zero attached hydrogens (tertiary/aromatic N) is 3. The standard InChI is InChI=1S/C25H30ClN3O5S2/c1-16(2)13-28(14-17(3)4)36(32,33)19-11-9-18(10-12-19)24(31)27-25-29(15-22(30)34-5)23-20(26)7-6-8-21(23)35-25/h6-12,16-17H,13-15H2,1-5H3. The second kappa shape index (κ2) is 11.7. The van der Waals surface area contributed by atoms with E-state index in [0.29, 0.717) is 23.6 Å². The summed E-state index contributed by atoms with van der Waals surface area (Å²) in [5.74, 6) is -0.735. The highest BCUT2D eigenvalue weighted by atomic mass is 35.5. The Balaban J connectivity index is 1.98. The smallest absolute Gasteiger partial charge is 0.325 e. The van der Waals surface area contributed by atoms with Gasteiger partial charge in [0.25, 0.3) is 5.91 Å². The van der Waals surface area contributed by atoms with Gasteiger partial charge < -0.3 is 9.30 Å². The van der Waals surface area contributed by atoms with Gasteiger partial charge in [-0.25, -0.2) is 8.42 Å². The van der Waals surface area contributed by atoms with Crippen molar-refractivity contribution in [1.29, 1.82) is 0 Å². The zero-order valence-electron chi connectivity index (χ0n) is 20.9. The fourth-order valence-corrected chi connectivity index (χ4v) is 6.82. The number of carbonyl (C=O) groups is 2. The van der Waals surface area contributed by atoms with E-state index in [9.17, 15) is 18.0 Å². The number of ether oxygens (including phenoxy) is 1. The fourth-order valence-electron chi connectivity index (χ4n) is 3.67. The highest BCUT2D eigenvalue weighted by molar-refractivity contribution is 7.89. The van der Waals surface area contributed by atoms with Gasteiger partial charge in [-0.1, -0.05) is 56.7 Å². The number of para-hydroxylation sites is 1. The minimum atomic E-state index is -3.71. The second-order valence-electron chi connectivity index (χ2n) is 9.18. The lowest BCUT2D eigenvalue weighted by molar-refractivity contribution is -0.141. The van der Waals surface area contributed by atoms with Crippen molar-refractivity contribution in [2.24, 2.45) is 16.8 Å². The average Bonchev–Trinajstić information content (AvgIpc) is 3.15. The van der Waals surface area contributed by atoms with Crippen molar-refractivity contribution in [2.75, 3.05) is 20.2 Å². The molecule has 1 amide bonds. The Kier molecular flexibility index (Phi) is 9.10. The SMILES string of the molecule is COC(=O)Cn1c(=NC(=O)c2ccc(S(=O)(=O)N(CC(C)C)CC(C)C)cc2)sc2cccc(Cl)c21. The Morgan fingerprint density at radius 2 is 1.67 bits per heavy atom. The predicted molar refractivity (Wildman–Crippen MR) is 142 cm³/mol. The minimum absolute atomic E-state index is 0.120. The first-order valence-corrected chi connectivity index (χ1v) is 14.1. The van der Waals surface area contributed by atoms with E-state index in [0.717, 1.165) is 4.70 Å². The molecule has 0 aliphatic rings. The van der Waals surface area contributed by atoms with Gasteiger partial charge in [-0.3, -0.25) is 9.59 Å². The number of carbonyl (C=O) groups excluding carboxylic acids is 2. The quantitative estimate of drug-likeness (QED) is 0.363. The molecule has 3 rings (SSSR count). The highest BCUT2D eigenvalue weighted by Crippen LogP contribution is 2.25. The van der Waals surface area contributed by atoms with Crippen LogP contribution < -0.4 is 4.80 Å². The minimum Gasteiger partial charge on any atom is -0.468 e. The molecule has 194 valence electrons. The third-order valence-corrected chi connectivity index (χ3v) is 8.43. The summed E-state index contributed by atoms with van der Waals surface area (Å²) in [7, 11) is -2.44. The van der Waals surface area contributed by atoms with Crippen LogP contribution in [0.3, 0.4) is 0 Å². The molecule has 0 saturated carbocycles. The van der Waals surface area contributed by atoms with Crippen LogP contribution >= 0.6 is 22.9 Å². The number of hydrogen-bond acceptors (Lipinski definition) is 6. The Morgan fingerprint density at radius 1 is 1.06 bits per heavy atom. The molecule has 3 aromatic rings. The predicted octanol–water partition coefficient (Wildman–Crippen LogP) is 4.57. The van der Waals surface area contributed by atoms with E-state index in [2.05, 4.69) is 4.99 Å². The second-order valence-corrected chi connectivity index (χ2v) is 12.5. The van der Waals surface area contributed by atoms with Gasteiger partial charge in [-0.2, -0.15) is 9.30 Å². The van der Waals surface area contributed by atoms with Crippen LogP contribution in [0.15, 0.2) is 52.4 Å². The van der Waals surface area contributed by atoms with Crippen LogP contribution in [-0.4, -0.2) is 49.4 Å². The molecule has 1 heterocycles. The number of aromatic nitrogens is 1. The Bertz CT molecular complexity index is 1410. The number of amides is 1. The van der Waals surface area contributed by atoms with E-state index in [-0.39, 0.29) is 33.6 Å². The molecule has 0 radical (unpaired) electrons. The van der Waals surface area contributed by atoms with Gasteiger partial charge >= 0.3 is 5.97 Å². The molecule has 0 fully saturated rings. The summed E-state index contributed by atoms with van der Waals surface area (Å²) in [4.78, 5) is 29.6. The number of thiazole rings is 1. The van der Waals surface area contributed by atoms with Crippen LogP contribution in [0.5, 0.6) is 0 Å². The molecule has 0 aliphatic heterocycles. The molecule has 0 aliphatic carbocycles. The van der Waals surface area contributed by atoms with Crippen LogP contribution in [0, 0.1) is 11.8 Å². The van der Waals surface area contributed by atoms with E-state index in [4.69, 9.17) is 16.3 Å². The van der Waals surface area contributed by atoms with Crippen molar-refractivity contribution in [3.8, 4) is 0 Å². The molecule has 0 N–H and O–H groups in total. The molecule has 0 atom stereocenters. The van der Waals surface area contributed by atoms with Crippen molar-refractivity contribution in [2.45, 2.75) is 39.1 Å². The number of esters is 1. The van der Waals surface area contributed by atoms with Crippen molar-refractivity contribution in [3.63, 3.8) is 0 Å². The molecule has 36 heavy (non-hydrogen) atoms. The number of rotatable bonds is 9. The summed E-state index contributed by atoms with van der Waals surface area (Å²) in [6.45, 7) is 8.54. The van der Waals surface area contributed by atoms with Gasteiger partial charge in [0.15, 0.2) is 4.80 Å². The maximum Gasteiger partial charge on any atom is 0.325 e. The molecule has 1 aromatic heterocycles. The molecular weight excluding hydrogens is 522 g/mol. The first-order chi connectivity index (χ1) is 16.9. The maximum absolute atomic E-state index is 13.2. The van der Waals surface area contributed by atoms with Gasteiger partial charge in [-0.05, 0) is 48.2 Å².